The van der Waals surface area contributed by atoms with Gasteiger partial charge in [0.15, 0.2) is 0 Å². The van der Waals surface area contributed by atoms with Crippen LogP contribution in [0.25, 0.3) is 0 Å². The number of nitrogens with zero attached hydrogens (tertiary/aromatic N) is 3. The van der Waals surface area contributed by atoms with Crippen LogP contribution in [-0.4, -0.2) is 46.8 Å². The third-order valence-electron chi connectivity index (χ3n) is 4.69. The van der Waals surface area contributed by atoms with E-state index in [0.29, 0.717) is 5.41 Å². The maximum atomic E-state index is 12.5. The molecular formula is C14H22N4O. The molecular weight excluding hydrogens is 240 g/mol. The third-order valence-corrected chi connectivity index (χ3v) is 4.69. The average Bonchev–Trinajstić information content (AvgIpc) is 2.97. The lowest BCUT2D eigenvalue weighted by Gasteiger charge is -2.38. The van der Waals surface area contributed by atoms with Gasteiger partial charge in [0, 0.05) is 32.9 Å². The van der Waals surface area contributed by atoms with Gasteiger partial charge in [-0.05, 0) is 38.1 Å². The Morgan fingerprint density at radius 3 is 2.63 bits per heavy atom. The summed E-state index contributed by atoms with van der Waals surface area (Å²) in [5, 5.41) is 7.71. The van der Waals surface area contributed by atoms with E-state index in [4.69, 9.17) is 0 Å². The Labute approximate surface area is 114 Å². The zero-order valence-electron chi connectivity index (χ0n) is 11.8. The van der Waals surface area contributed by atoms with Crippen LogP contribution in [0.1, 0.15) is 35.3 Å². The average molecular weight is 262 g/mol. The highest BCUT2D eigenvalue weighted by Crippen LogP contribution is 2.37. The second-order valence-corrected chi connectivity index (χ2v) is 6.02. The van der Waals surface area contributed by atoms with Gasteiger partial charge in [-0.15, -0.1) is 0 Å². The number of carbonyl (C=O) groups is 1. The Morgan fingerprint density at radius 1 is 1.37 bits per heavy atom. The van der Waals surface area contributed by atoms with Crippen LogP contribution >= 0.6 is 0 Å². The maximum Gasteiger partial charge on any atom is 0.257 e. The van der Waals surface area contributed by atoms with Crippen LogP contribution < -0.4 is 5.32 Å². The predicted molar refractivity (Wildman–Crippen MR) is 73.0 cm³/mol. The van der Waals surface area contributed by atoms with Crippen LogP contribution in [0.15, 0.2) is 6.20 Å². The molecule has 0 atom stereocenters. The molecule has 2 fully saturated rings. The molecule has 0 radical (unpaired) electrons. The maximum absolute atomic E-state index is 12.5. The monoisotopic (exact) mass is 262 g/mol. The zero-order chi connectivity index (χ0) is 13.5. The molecule has 2 saturated heterocycles. The summed E-state index contributed by atoms with van der Waals surface area (Å²) >= 11 is 0. The predicted octanol–water partition coefficient (Wildman–Crippen LogP) is 0.944. The zero-order valence-corrected chi connectivity index (χ0v) is 11.8. The molecule has 0 aromatic carbocycles. The Kier molecular flexibility index (Phi) is 3.09. The van der Waals surface area contributed by atoms with Crippen LogP contribution in [0.2, 0.25) is 0 Å². The van der Waals surface area contributed by atoms with Crippen LogP contribution in [0, 0.1) is 12.3 Å². The Hall–Kier alpha value is -1.36. The van der Waals surface area contributed by atoms with E-state index >= 15 is 0 Å². The van der Waals surface area contributed by atoms with E-state index in [0.717, 1.165) is 50.3 Å². The lowest BCUT2D eigenvalue weighted by molar-refractivity contribution is 0.0607. The lowest BCUT2D eigenvalue weighted by atomic mass is 9.78. The van der Waals surface area contributed by atoms with Gasteiger partial charge in [-0.2, -0.15) is 5.10 Å². The number of nitrogens with one attached hydrogen (secondary N) is 1. The quantitative estimate of drug-likeness (QED) is 0.819. The minimum Gasteiger partial charge on any atom is -0.339 e. The summed E-state index contributed by atoms with van der Waals surface area (Å²) < 4.78 is 1.72. The number of piperidine rings is 1. The molecule has 0 unspecified atom stereocenters. The molecule has 5 nitrogen and oxygen atoms in total. The first kappa shape index (κ1) is 12.7. The topological polar surface area (TPSA) is 50.2 Å². The van der Waals surface area contributed by atoms with Crippen LogP contribution in [0.3, 0.4) is 0 Å². The van der Waals surface area contributed by atoms with E-state index in [1.807, 2.05) is 25.1 Å². The van der Waals surface area contributed by atoms with E-state index in [1.54, 1.807) is 4.68 Å². The number of amides is 1. The number of aromatic nitrogens is 2. The van der Waals surface area contributed by atoms with Crippen molar-refractivity contribution in [2.45, 2.75) is 26.2 Å². The molecule has 104 valence electrons. The number of aryl methyl sites for hydroxylation is 2. The molecule has 1 amide bonds. The molecule has 1 aromatic rings. The van der Waals surface area contributed by atoms with Crippen molar-refractivity contribution < 1.29 is 4.79 Å². The molecule has 1 aromatic heterocycles. The highest BCUT2D eigenvalue weighted by molar-refractivity contribution is 5.95. The molecule has 1 N–H and O–H groups in total. The van der Waals surface area contributed by atoms with Gasteiger partial charge in [0.05, 0.1) is 11.3 Å². The fraction of sp³-hybridized carbons (Fsp3) is 0.714. The highest BCUT2D eigenvalue weighted by Gasteiger charge is 2.38. The Bertz CT molecular complexity index is 478. The number of carbonyl (C=O) groups excluding carboxylic acids is 1. The van der Waals surface area contributed by atoms with E-state index < -0.39 is 0 Å². The second kappa shape index (κ2) is 4.63. The van der Waals surface area contributed by atoms with Crippen LogP contribution in [0.5, 0.6) is 0 Å². The number of rotatable bonds is 1. The molecule has 3 rings (SSSR count). The van der Waals surface area contributed by atoms with E-state index in [9.17, 15) is 4.79 Å². The Morgan fingerprint density at radius 2 is 2.11 bits per heavy atom. The SMILES string of the molecule is Cc1nn(C)cc1C(=O)N1CCC2(CCNC2)CC1. The molecule has 2 aliphatic rings. The van der Waals surface area contributed by atoms with Crippen molar-refractivity contribution in [3.63, 3.8) is 0 Å². The van der Waals surface area contributed by atoms with Gasteiger partial charge in [0.1, 0.15) is 0 Å². The van der Waals surface area contributed by atoms with Crippen LogP contribution in [-0.2, 0) is 7.05 Å². The summed E-state index contributed by atoms with van der Waals surface area (Å²) in [4.78, 5) is 14.5. The normalized spacial score (nSPS) is 22.1. The number of likely N-dealkylation sites (tertiary alicyclic amines) is 1. The molecule has 2 aliphatic heterocycles. The molecule has 5 heteroatoms. The van der Waals surface area contributed by atoms with Crippen molar-refractivity contribution in [2.24, 2.45) is 12.5 Å². The van der Waals surface area contributed by atoms with Gasteiger partial charge in [-0.1, -0.05) is 0 Å². The fourth-order valence-corrected chi connectivity index (χ4v) is 3.39. The Balaban J connectivity index is 1.68. The smallest absolute Gasteiger partial charge is 0.257 e. The molecule has 3 heterocycles. The van der Waals surface area contributed by atoms with Crippen molar-refractivity contribution in [3.8, 4) is 0 Å². The van der Waals surface area contributed by atoms with Gasteiger partial charge in [-0.3, -0.25) is 9.48 Å². The van der Waals surface area contributed by atoms with Crippen molar-refractivity contribution in [2.75, 3.05) is 26.2 Å². The standard InChI is InChI=1S/C14H22N4O/c1-11-12(9-17(2)16-11)13(19)18-7-4-14(5-8-18)3-6-15-10-14/h9,15H,3-8,10H2,1-2H3. The first-order valence-electron chi connectivity index (χ1n) is 7.10. The van der Waals surface area contributed by atoms with E-state index in [2.05, 4.69) is 10.4 Å². The summed E-state index contributed by atoms with van der Waals surface area (Å²) in [7, 11) is 1.86. The lowest BCUT2D eigenvalue weighted by Crippen LogP contribution is -2.44. The highest BCUT2D eigenvalue weighted by atomic mass is 16.2. The fourth-order valence-electron chi connectivity index (χ4n) is 3.39. The summed E-state index contributed by atoms with van der Waals surface area (Å²) in [5.74, 6) is 0.145. The van der Waals surface area contributed by atoms with Gasteiger partial charge >= 0.3 is 0 Å². The number of hydrogen-bond acceptors (Lipinski definition) is 3. The second-order valence-electron chi connectivity index (χ2n) is 6.02. The number of hydrogen-bond donors (Lipinski definition) is 1. The first-order valence-corrected chi connectivity index (χ1v) is 7.10. The summed E-state index contributed by atoms with van der Waals surface area (Å²) in [6.07, 6.45) is 5.36. The molecule has 0 saturated carbocycles. The summed E-state index contributed by atoms with van der Waals surface area (Å²) in [6.45, 7) is 5.93. The molecule has 0 aliphatic carbocycles. The molecule has 19 heavy (non-hydrogen) atoms. The van der Waals surface area contributed by atoms with Crippen molar-refractivity contribution in [3.05, 3.63) is 17.5 Å². The third kappa shape index (κ3) is 2.27. The van der Waals surface area contributed by atoms with Gasteiger partial charge in [0.25, 0.3) is 5.91 Å². The summed E-state index contributed by atoms with van der Waals surface area (Å²) in [6, 6.07) is 0. The molecule has 1 spiro atoms. The van der Waals surface area contributed by atoms with Gasteiger partial charge in [0.2, 0.25) is 0 Å². The summed E-state index contributed by atoms with van der Waals surface area (Å²) in [5.41, 5.74) is 2.04. The van der Waals surface area contributed by atoms with Gasteiger partial charge < -0.3 is 10.2 Å². The van der Waals surface area contributed by atoms with Crippen molar-refractivity contribution in [1.29, 1.82) is 0 Å². The van der Waals surface area contributed by atoms with Crippen molar-refractivity contribution in [1.82, 2.24) is 20.0 Å². The van der Waals surface area contributed by atoms with Crippen molar-refractivity contribution >= 4 is 5.91 Å². The van der Waals surface area contributed by atoms with E-state index in [-0.39, 0.29) is 5.91 Å². The van der Waals surface area contributed by atoms with Crippen LogP contribution in [0.4, 0.5) is 0 Å². The van der Waals surface area contributed by atoms with Gasteiger partial charge in [-0.25, -0.2) is 0 Å². The van der Waals surface area contributed by atoms with E-state index in [1.165, 1.54) is 6.42 Å². The minimum atomic E-state index is 0.145. The molecule has 0 bridgehead atoms. The largest absolute Gasteiger partial charge is 0.339 e. The minimum absolute atomic E-state index is 0.145. The first-order chi connectivity index (χ1) is 9.10.